The molecular weight excluding hydrogens is 290 g/mol. The Bertz CT molecular complexity index is 495. The van der Waals surface area contributed by atoms with Gasteiger partial charge < -0.3 is 15.8 Å². The van der Waals surface area contributed by atoms with Crippen molar-refractivity contribution in [2.45, 2.75) is 44.9 Å². The Morgan fingerprint density at radius 2 is 2.09 bits per heavy atom. The Hall–Kier alpha value is -1.43. The molecule has 0 radical (unpaired) electrons. The van der Waals surface area contributed by atoms with Crippen LogP contribution in [0.25, 0.3) is 0 Å². The van der Waals surface area contributed by atoms with E-state index in [0.29, 0.717) is 13.0 Å². The molecule has 3 N–H and O–H groups in total. The minimum atomic E-state index is -0.184. The summed E-state index contributed by atoms with van der Waals surface area (Å²) in [5, 5.41) is 3.11. The first kappa shape index (κ1) is 17.9. The van der Waals surface area contributed by atoms with Crippen LogP contribution < -0.4 is 11.1 Å². The average molecular weight is 319 g/mol. The van der Waals surface area contributed by atoms with Crippen molar-refractivity contribution in [3.05, 3.63) is 35.4 Å². The van der Waals surface area contributed by atoms with E-state index in [0.717, 1.165) is 32.5 Å². The number of rotatable bonds is 7. The van der Waals surface area contributed by atoms with E-state index in [9.17, 15) is 4.79 Å². The second-order valence-electron chi connectivity index (χ2n) is 6.34. The largest absolute Gasteiger partial charge is 0.380 e. The average Bonchev–Trinajstić information content (AvgIpc) is 2.56. The molecule has 128 valence electrons. The van der Waals surface area contributed by atoms with Crippen molar-refractivity contribution in [2.75, 3.05) is 26.7 Å². The van der Waals surface area contributed by atoms with E-state index in [-0.39, 0.29) is 18.1 Å². The number of carbonyl (C=O) groups is 1. The number of piperidine rings is 1. The summed E-state index contributed by atoms with van der Waals surface area (Å²) in [5.74, 6) is 0.0413. The SMILES string of the molecule is COC(CN)CC(=O)NC1CCN(Cc2ccccc2C)CC1. The Balaban J connectivity index is 1.73. The first-order chi connectivity index (χ1) is 11.1. The highest BCUT2D eigenvalue weighted by molar-refractivity contribution is 5.76. The molecule has 23 heavy (non-hydrogen) atoms. The number of nitrogens with zero attached hydrogens (tertiary/aromatic N) is 1. The minimum absolute atomic E-state index is 0.0413. The zero-order valence-electron chi connectivity index (χ0n) is 14.3. The number of amides is 1. The predicted octanol–water partition coefficient (Wildman–Crippen LogP) is 1.44. The van der Waals surface area contributed by atoms with E-state index in [1.165, 1.54) is 11.1 Å². The van der Waals surface area contributed by atoms with Crippen LogP contribution in [0.3, 0.4) is 0 Å². The molecule has 1 fully saturated rings. The lowest BCUT2D eigenvalue weighted by Gasteiger charge is -2.32. The van der Waals surface area contributed by atoms with Crippen molar-refractivity contribution in [3.8, 4) is 0 Å². The van der Waals surface area contributed by atoms with Gasteiger partial charge in [-0.1, -0.05) is 24.3 Å². The molecule has 1 aromatic rings. The molecule has 1 amide bonds. The van der Waals surface area contributed by atoms with E-state index in [1.54, 1.807) is 7.11 Å². The summed E-state index contributed by atoms with van der Waals surface area (Å²) in [5.41, 5.74) is 8.29. The molecule has 1 atom stereocenters. The van der Waals surface area contributed by atoms with E-state index >= 15 is 0 Å². The van der Waals surface area contributed by atoms with Gasteiger partial charge in [0.05, 0.1) is 12.5 Å². The van der Waals surface area contributed by atoms with E-state index < -0.39 is 0 Å². The summed E-state index contributed by atoms with van der Waals surface area (Å²) in [6.07, 6.45) is 2.16. The lowest BCUT2D eigenvalue weighted by atomic mass is 10.0. The van der Waals surface area contributed by atoms with Crippen LogP contribution in [0.4, 0.5) is 0 Å². The van der Waals surface area contributed by atoms with Crippen molar-refractivity contribution in [3.63, 3.8) is 0 Å². The lowest BCUT2D eigenvalue weighted by molar-refractivity contribution is -0.124. The molecule has 5 heteroatoms. The van der Waals surface area contributed by atoms with Gasteiger partial charge in [0, 0.05) is 39.3 Å². The van der Waals surface area contributed by atoms with E-state index in [1.807, 2.05) is 0 Å². The van der Waals surface area contributed by atoms with Crippen LogP contribution in [0.2, 0.25) is 0 Å². The Kier molecular flexibility index (Phi) is 7.02. The van der Waals surface area contributed by atoms with Gasteiger partial charge in [-0.05, 0) is 30.9 Å². The predicted molar refractivity (Wildman–Crippen MR) is 92.1 cm³/mol. The van der Waals surface area contributed by atoms with Crippen molar-refractivity contribution < 1.29 is 9.53 Å². The molecule has 0 aromatic heterocycles. The molecule has 0 spiro atoms. The molecule has 1 heterocycles. The number of likely N-dealkylation sites (tertiary alicyclic amines) is 1. The van der Waals surface area contributed by atoms with Crippen LogP contribution in [0.15, 0.2) is 24.3 Å². The number of ether oxygens (including phenoxy) is 1. The standard InChI is InChI=1S/C18H29N3O2/c1-14-5-3-4-6-15(14)13-21-9-7-16(8-10-21)20-18(22)11-17(12-19)23-2/h3-6,16-17H,7-13,19H2,1-2H3,(H,20,22). The van der Waals surface area contributed by atoms with E-state index in [4.69, 9.17) is 10.5 Å². The number of hydrogen-bond donors (Lipinski definition) is 2. The van der Waals surface area contributed by atoms with Gasteiger partial charge in [0.1, 0.15) is 0 Å². The number of carbonyl (C=O) groups excluding carboxylic acids is 1. The molecule has 0 saturated carbocycles. The number of nitrogens with one attached hydrogen (secondary N) is 1. The highest BCUT2D eigenvalue weighted by atomic mass is 16.5. The first-order valence-electron chi connectivity index (χ1n) is 8.41. The number of aryl methyl sites for hydroxylation is 1. The maximum atomic E-state index is 12.0. The molecule has 5 nitrogen and oxygen atoms in total. The van der Waals surface area contributed by atoms with E-state index in [2.05, 4.69) is 41.4 Å². The van der Waals surface area contributed by atoms with Crippen LogP contribution >= 0.6 is 0 Å². The fraction of sp³-hybridized carbons (Fsp3) is 0.611. The van der Waals surface area contributed by atoms with Crippen LogP contribution in [-0.4, -0.2) is 49.7 Å². The molecule has 1 aliphatic heterocycles. The molecule has 1 saturated heterocycles. The second kappa shape index (κ2) is 9.01. The highest BCUT2D eigenvalue weighted by Crippen LogP contribution is 2.16. The zero-order valence-corrected chi connectivity index (χ0v) is 14.3. The summed E-state index contributed by atoms with van der Waals surface area (Å²) in [6, 6.07) is 8.80. The highest BCUT2D eigenvalue weighted by Gasteiger charge is 2.22. The molecular formula is C18H29N3O2. The number of methoxy groups -OCH3 is 1. The third-order valence-electron chi connectivity index (χ3n) is 4.62. The topological polar surface area (TPSA) is 67.6 Å². The fourth-order valence-corrected chi connectivity index (χ4v) is 3.02. The normalized spacial score (nSPS) is 17.9. The summed E-state index contributed by atoms with van der Waals surface area (Å²) < 4.78 is 5.16. The monoisotopic (exact) mass is 319 g/mol. The van der Waals surface area contributed by atoms with Crippen molar-refractivity contribution in [2.24, 2.45) is 5.73 Å². The van der Waals surface area contributed by atoms with Gasteiger partial charge in [-0.3, -0.25) is 9.69 Å². The third kappa shape index (κ3) is 5.61. The van der Waals surface area contributed by atoms with Crippen molar-refractivity contribution >= 4 is 5.91 Å². The molecule has 1 aromatic carbocycles. The maximum Gasteiger partial charge on any atom is 0.222 e. The molecule has 0 aliphatic carbocycles. The summed E-state index contributed by atoms with van der Waals surface area (Å²) in [4.78, 5) is 14.5. The molecule has 1 aliphatic rings. The van der Waals surface area contributed by atoms with Gasteiger partial charge in [0.2, 0.25) is 5.91 Å². The third-order valence-corrected chi connectivity index (χ3v) is 4.62. The summed E-state index contributed by atoms with van der Waals surface area (Å²) in [7, 11) is 1.59. The number of benzene rings is 1. The maximum absolute atomic E-state index is 12.0. The van der Waals surface area contributed by atoms with Gasteiger partial charge >= 0.3 is 0 Å². The zero-order chi connectivity index (χ0) is 16.7. The van der Waals surface area contributed by atoms with Crippen molar-refractivity contribution in [1.29, 1.82) is 0 Å². The van der Waals surface area contributed by atoms with Crippen LogP contribution in [-0.2, 0) is 16.1 Å². The van der Waals surface area contributed by atoms with Crippen LogP contribution in [0.1, 0.15) is 30.4 Å². The minimum Gasteiger partial charge on any atom is -0.380 e. The number of hydrogen-bond acceptors (Lipinski definition) is 4. The molecule has 1 unspecified atom stereocenters. The second-order valence-corrected chi connectivity index (χ2v) is 6.34. The summed E-state index contributed by atoms with van der Waals surface area (Å²) in [6.45, 7) is 5.56. The smallest absolute Gasteiger partial charge is 0.222 e. The van der Waals surface area contributed by atoms with Gasteiger partial charge in [-0.25, -0.2) is 0 Å². The van der Waals surface area contributed by atoms with Crippen LogP contribution in [0.5, 0.6) is 0 Å². The Morgan fingerprint density at radius 1 is 1.39 bits per heavy atom. The van der Waals surface area contributed by atoms with Gasteiger partial charge in [0.25, 0.3) is 0 Å². The Morgan fingerprint density at radius 3 is 2.70 bits per heavy atom. The van der Waals surface area contributed by atoms with Crippen LogP contribution in [0, 0.1) is 6.92 Å². The van der Waals surface area contributed by atoms with Gasteiger partial charge in [-0.2, -0.15) is 0 Å². The lowest BCUT2D eigenvalue weighted by Crippen LogP contribution is -2.45. The Labute approximate surface area is 139 Å². The number of nitrogens with two attached hydrogens (primary N) is 1. The summed E-state index contributed by atoms with van der Waals surface area (Å²) >= 11 is 0. The quantitative estimate of drug-likeness (QED) is 0.798. The van der Waals surface area contributed by atoms with Gasteiger partial charge in [0.15, 0.2) is 0 Å². The molecule has 0 bridgehead atoms. The van der Waals surface area contributed by atoms with Gasteiger partial charge in [-0.15, -0.1) is 0 Å². The molecule has 2 rings (SSSR count). The first-order valence-corrected chi connectivity index (χ1v) is 8.41. The fourth-order valence-electron chi connectivity index (χ4n) is 3.02. The van der Waals surface area contributed by atoms with Crippen molar-refractivity contribution in [1.82, 2.24) is 10.2 Å².